The van der Waals surface area contributed by atoms with Crippen molar-refractivity contribution in [2.45, 2.75) is 13.5 Å². The summed E-state index contributed by atoms with van der Waals surface area (Å²) in [6.07, 6.45) is 1.88. The number of rotatable bonds is 3. The summed E-state index contributed by atoms with van der Waals surface area (Å²) in [6.45, 7) is 8.00. The molecule has 0 saturated carbocycles. The highest BCUT2D eigenvalue weighted by Gasteiger charge is 2.13. The van der Waals surface area contributed by atoms with Crippen molar-refractivity contribution in [1.82, 2.24) is 14.4 Å². The van der Waals surface area contributed by atoms with Gasteiger partial charge in [-0.1, -0.05) is 0 Å². The number of hydrogen-bond acceptors (Lipinski definition) is 3. The summed E-state index contributed by atoms with van der Waals surface area (Å²) in [5.74, 6) is 0. The predicted octanol–water partition coefficient (Wildman–Crippen LogP) is 1.17. The Labute approximate surface area is 116 Å². The van der Waals surface area contributed by atoms with Crippen molar-refractivity contribution >= 4 is 15.9 Å². The molecule has 2 rings (SSSR count). The molecule has 0 aromatic carbocycles. The van der Waals surface area contributed by atoms with Gasteiger partial charge in [0.2, 0.25) is 0 Å². The maximum atomic E-state index is 12.0. The average molecular weight is 314 g/mol. The molecule has 0 spiro atoms. The molecule has 0 radical (unpaired) electrons. The number of halogens is 1. The second-order valence-electron chi connectivity index (χ2n) is 4.98. The van der Waals surface area contributed by atoms with E-state index in [0.717, 1.165) is 49.3 Å². The van der Waals surface area contributed by atoms with Crippen molar-refractivity contribution in [2.75, 3.05) is 39.8 Å². The number of nitrogens with zero attached hydrogens (tertiary/aromatic N) is 3. The molecule has 0 N–H and O–H groups in total. The molecule has 0 aliphatic carbocycles. The van der Waals surface area contributed by atoms with Gasteiger partial charge < -0.3 is 9.47 Å². The van der Waals surface area contributed by atoms with E-state index in [2.05, 4.69) is 32.8 Å². The summed E-state index contributed by atoms with van der Waals surface area (Å²) in [5.41, 5.74) is 0.912. The Bertz CT molecular complexity index is 464. The fourth-order valence-electron chi connectivity index (χ4n) is 2.23. The Balaban J connectivity index is 1.96. The molecule has 0 unspecified atom stereocenters. The summed E-state index contributed by atoms with van der Waals surface area (Å²) < 4.78 is 2.77. The van der Waals surface area contributed by atoms with Crippen LogP contribution >= 0.6 is 15.9 Å². The predicted molar refractivity (Wildman–Crippen MR) is 77.1 cm³/mol. The zero-order valence-electron chi connectivity index (χ0n) is 11.0. The van der Waals surface area contributed by atoms with Crippen molar-refractivity contribution in [3.05, 3.63) is 32.7 Å². The van der Waals surface area contributed by atoms with E-state index in [1.807, 2.05) is 19.2 Å². The van der Waals surface area contributed by atoms with Crippen LogP contribution < -0.4 is 5.56 Å². The molecule has 1 aromatic rings. The minimum atomic E-state index is 0.118. The molecule has 1 saturated heterocycles. The summed E-state index contributed by atoms with van der Waals surface area (Å²) in [6, 6.07) is 1.87. The monoisotopic (exact) mass is 313 g/mol. The van der Waals surface area contributed by atoms with Gasteiger partial charge in [0.1, 0.15) is 0 Å². The summed E-state index contributed by atoms with van der Waals surface area (Å²) in [7, 11) is 2.15. The second kappa shape index (κ2) is 5.99. The number of pyridine rings is 1. The molecule has 0 amide bonds. The Hall–Kier alpha value is -0.650. The van der Waals surface area contributed by atoms with E-state index in [-0.39, 0.29) is 5.56 Å². The van der Waals surface area contributed by atoms with Crippen LogP contribution in [-0.2, 0) is 6.54 Å². The van der Waals surface area contributed by atoms with Crippen molar-refractivity contribution < 1.29 is 0 Å². The number of hydrogen-bond donors (Lipinski definition) is 0. The summed E-state index contributed by atoms with van der Waals surface area (Å²) >= 11 is 3.44. The molecule has 1 aromatic heterocycles. The Morgan fingerprint density at radius 2 is 1.89 bits per heavy atom. The molecule has 18 heavy (non-hydrogen) atoms. The van der Waals surface area contributed by atoms with Gasteiger partial charge >= 0.3 is 0 Å². The molecule has 0 atom stereocenters. The molecule has 100 valence electrons. The molecular formula is C13H20BrN3O. The molecule has 1 aliphatic rings. The fraction of sp³-hybridized carbons (Fsp3) is 0.615. The van der Waals surface area contributed by atoms with Gasteiger partial charge in [-0.05, 0) is 36.0 Å². The zero-order valence-corrected chi connectivity index (χ0v) is 12.6. The standard InChI is InChI=1S/C13H20BrN3O/c1-11-9-12(14)10-17(13(11)18)8-7-16-5-3-15(2)4-6-16/h9-10H,3-8H2,1-2H3. The maximum absolute atomic E-state index is 12.0. The van der Waals surface area contributed by atoms with E-state index in [1.54, 1.807) is 4.57 Å². The smallest absolute Gasteiger partial charge is 0.253 e. The quantitative estimate of drug-likeness (QED) is 0.838. The first-order valence-corrected chi connectivity index (χ1v) is 7.13. The van der Waals surface area contributed by atoms with Gasteiger partial charge in [-0.3, -0.25) is 9.69 Å². The van der Waals surface area contributed by atoms with Gasteiger partial charge in [-0.2, -0.15) is 0 Å². The van der Waals surface area contributed by atoms with E-state index >= 15 is 0 Å². The third-order valence-electron chi connectivity index (χ3n) is 3.48. The maximum Gasteiger partial charge on any atom is 0.253 e. The van der Waals surface area contributed by atoms with Gasteiger partial charge in [-0.25, -0.2) is 0 Å². The molecule has 5 heteroatoms. The van der Waals surface area contributed by atoms with E-state index in [4.69, 9.17) is 0 Å². The second-order valence-corrected chi connectivity index (χ2v) is 5.90. The lowest BCUT2D eigenvalue weighted by molar-refractivity contribution is 0.149. The molecular weight excluding hydrogens is 294 g/mol. The number of aryl methyl sites for hydroxylation is 1. The van der Waals surface area contributed by atoms with Gasteiger partial charge in [0.05, 0.1) is 0 Å². The highest BCUT2D eigenvalue weighted by Crippen LogP contribution is 2.08. The highest BCUT2D eigenvalue weighted by atomic mass is 79.9. The van der Waals surface area contributed by atoms with Crippen LogP contribution in [0.25, 0.3) is 0 Å². The summed E-state index contributed by atoms with van der Waals surface area (Å²) in [5, 5.41) is 0. The third-order valence-corrected chi connectivity index (χ3v) is 3.92. The van der Waals surface area contributed by atoms with Crippen molar-refractivity contribution in [1.29, 1.82) is 0 Å². The third kappa shape index (κ3) is 3.43. The first-order chi connectivity index (χ1) is 8.56. The van der Waals surface area contributed by atoms with Gasteiger partial charge in [0.15, 0.2) is 0 Å². The molecule has 1 fully saturated rings. The van der Waals surface area contributed by atoms with Crippen LogP contribution in [0.5, 0.6) is 0 Å². The number of likely N-dealkylation sites (N-methyl/N-ethyl adjacent to an activating group) is 1. The van der Waals surface area contributed by atoms with Gasteiger partial charge in [0, 0.05) is 55.5 Å². The molecule has 4 nitrogen and oxygen atoms in total. The van der Waals surface area contributed by atoms with Crippen LogP contribution in [0.3, 0.4) is 0 Å². The first kappa shape index (κ1) is 13.8. The van der Waals surface area contributed by atoms with E-state index < -0.39 is 0 Å². The topological polar surface area (TPSA) is 28.5 Å². The Morgan fingerprint density at radius 1 is 1.22 bits per heavy atom. The zero-order chi connectivity index (χ0) is 13.1. The molecule has 2 heterocycles. The Kier molecular flexibility index (Phi) is 4.59. The number of aromatic nitrogens is 1. The lowest BCUT2D eigenvalue weighted by atomic mass is 10.3. The van der Waals surface area contributed by atoms with Gasteiger partial charge in [0.25, 0.3) is 5.56 Å². The minimum Gasteiger partial charge on any atom is -0.313 e. The van der Waals surface area contributed by atoms with Crippen LogP contribution in [0, 0.1) is 6.92 Å². The van der Waals surface area contributed by atoms with Crippen molar-refractivity contribution in [3.63, 3.8) is 0 Å². The van der Waals surface area contributed by atoms with Crippen LogP contribution in [0.1, 0.15) is 5.56 Å². The SMILES string of the molecule is Cc1cc(Br)cn(CCN2CCN(C)CC2)c1=O. The van der Waals surface area contributed by atoms with Crippen molar-refractivity contribution in [3.8, 4) is 0 Å². The summed E-state index contributed by atoms with van der Waals surface area (Å²) in [4.78, 5) is 16.7. The van der Waals surface area contributed by atoms with Crippen LogP contribution in [-0.4, -0.2) is 54.1 Å². The normalized spacial score (nSPS) is 18.2. The average Bonchev–Trinajstić information content (AvgIpc) is 2.34. The number of piperazine rings is 1. The fourth-order valence-corrected chi connectivity index (χ4v) is 2.82. The minimum absolute atomic E-state index is 0.118. The van der Waals surface area contributed by atoms with Crippen LogP contribution in [0.2, 0.25) is 0 Å². The largest absolute Gasteiger partial charge is 0.313 e. The lowest BCUT2D eigenvalue weighted by Crippen LogP contribution is -2.45. The Morgan fingerprint density at radius 3 is 2.56 bits per heavy atom. The van der Waals surface area contributed by atoms with E-state index in [9.17, 15) is 4.79 Å². The van der Waals surface area contributed by atoms with E-state index in [0.29, 0.717) is 0 Å². The first-order valence-electron chi connectivity index (χ1n) is 6.34. The van der Waals surface area contributed by atoms with Crippen LogP contribution in [0.4, 0.5) is 0 Å². The molecule has 1 aliphatic heterocycles. The van der Waals surface area contributed by atoms with Gasteiger partial charge in [-0.15, -0.1) is 0 Å². The molecule has 0 bridgehead atoms. The lowest BCUT2D eigenvalue weighted by Gasteiger charge is -2.32. The van der Waals surface area contributed by atoms with Crippen molar-refractivity contribution in [2.24, 2.45) is 0 Å². The highest BCUT2D eigenvalue weighted by molar-refractivity contribution is 9.10. The van der Waals surface area contributed by atoms with E-state index in [1.165, 1.54) is 0 Å². The van der Waals surface area contributed by atoms with Crippen LogP contribution in [0.15, 0.2) is 21.5 Å².